The zero-order valence-electron chi connectivity index (χ0n) is 16.4. The predicted molar refractivity (Wildman–Crippen MR) is 106 cm³/mol. The molecule has 2 aromatic carbocycles. The van der Waals surface area contributed by atoms with Crippen LogP contribution in [0.15, 0.2) is 48.5 Å². The van der Waals surface area contributed by atoms with E-state index in [1.165, 1.54) is 33.3 Å². The van der Waals surface area contributed by atoms with E-state index in [9.17, 15) is 9.59 Å². The molecule has 29 heavy (non-hydrogen) atoms. The highest BCUT2D eigenvalue weighted by molar-refractivity contribution is 6.01. The molecule has 0 aliphatic rings. The molecule has 0 aliphatic heterocycles. The third kappa shape index (κ3) is 6.11. The summed E-state index contributed by atoms with van der Waals surface area (Å²) >= 11 is 0. The lowest BCUT2D eigenvalue weighted by molar-refractivity contribution is -0.140. The molecule has 150 valence electrons. The van der Waals surface area contributed by atoms with Crippen LogP contribution in [0.2, 0.25) is 0 Å². The molecule has 0 aromatic heterocycles. The van der Waals surface area contributed by atoms with E-state index < -0.39 is 12.1 Å². The van der Waals surface area contributed by atoms with Crippen LogP contribution in [0.4, 0.5) is 0 Å². The summed E-state index contributed by atoms with van der Waals surface area (Å²) in [5, 5.41) is 8.59. The molecule has 2 aromatic rings. The minimum absolute atomic E-state index is 0.0992. The van der Waals surface area contributed by atoms with Crippen molar-refractivity contribution >= 4 is 17.8 Å². The topological polar surface area (TPSA) is 94.9 Å². The summed E-state index contributed by atoms with van der Waals surface area (Å²) in [7, 11) is 3.01. The lowest BCUT2D eigenvalue weighted by Gasteiger charge is -2.11. The average molecular weight is 395 g/mol. The molecule has 0 saturated heterocycles. The maximum Gasteiger partial charge on any atom is 0.331 e. The first-order valence-corrected chi connectivity index (χ1v) is 8.73. The number of rotatable bonds is 9. The number of esters is 1. The van der Waals surface area contributed by atoms with Crippen molar-refractivity contribution in [2.75, 3.05) is 20.8 Å². The molecule has 0 bridgehead atoms. The van der Waals surface area contributed by atoms with Gasteiger partial charge in [-0.25, -0.2) is 4.79 Å². The molecule has 0 heterocycles. The average Bonchev–Trinajstić information content (AvgIpc) is 2.75. The highest BCUT2D eigenvalue weighted by Gasteiger charge is 2.18. The summed E-state index contributed by atoms with van der Waals surface area (Å²) in [6.45, 7) is 1.42. The Hall–Kier alpha value is -3.79. The molecule has 0 saturated carbocycles. The second kappa shape index (κ2) is 10.5. The van der Waals surface area contributed by atoms with Crippen LogP contribution in [0.1, 0.15) is 22.8 Å². The zero-order chi connectivity index (χ0) is 21.2. The predicted octanol–water partition coefficient (Wildman–Crippen LogP) is 3.43. The minimum Gasteiger partial charge on any atom is -0.497 e. The monoisotopic (exact) mass is 395 g/mol. The van der Waals surface area contributed by atoms with Gasteiger partial charge in [0.1, 0.15) is 11.8 Å². The van der Waals surface area contributed by atoms with Gasteiger partial charge in [-0.05, 0) is 55.0 Å². The Balaban J connectivity index is 1.99. The Labute approximate surface area is 169 Å². The number of carbonyl (C=O) groups is 2. The van der Waals surface area contributed by atoms with Gasteiger partial charge in [-0.3, -0.25) is 4.79 Å². The van der Waals surface area contributed by atoms with Crippen molar-refractivity contribution in [1.82, 2.24) is 0 Å². The minimum atomic E-state index is -0.933. The van der Waals surface area contributed by atoms with Crippen LogP contribution in [0.3, 0.4) is 0 Å². The first-order valence-electron chi connectivity index (χ1n) is 8.73. The number of benzene rings is 2. The van der Waals surface area contributed by atoms with Crippen LogP contribution in [0.5, 0.6) is 17.2 Å². The fourth-order valence-corrected chi connectivity index (χ4v) is 2.44. The number of nitrogens with zero attached hydrogens (tertiary/aromatic N) is 1. The maximum atomic E-state index is 12.4. The number of hydrogen-bond acceptors (Lipinski definition) is 7. The smallest absolute Gasteiger partial charge is 0.331 e. The van der Waals surface area contributed by atoms with Crippen LogP contribution >= 0.6 is 0 Å². The molecule has 2 rings (SSSR count). The molecule has 0 spiro atoms. The molecule has 0 fully saturated rings. The molecule has 0 N–H and O–H groups in total. The lowest BCUT2D eigenvalue weighted by atomic mass is 10.1. The number of ketones is 1. The van der Waals surface area contributed by atoms with Crippen LogP contribution < -0.4 is 14.2 Å². The number of ether oxygens (including phenoxy) is 4. The highest BCUT2D eigenvalue weighted by atomic mass is 16.5. The van der Waals surface area contributed by atoms with Crippen molar-refractivity contribution in [2.24, 2.45) is 0 Å². The fraction of sp³-hybridized carbons (Fsp3) is 0.227. The summed E-state index contributed by atoms with van der Waals surface area (Å²) in [6, 6.07) is 13.4. The van der Waals surface area contributed by atoms with Gasteiger partial charge >= 0.3 is 5.97 Å². The zero-order valence-corrected chi connectivity index (χ0v) is 16.4. The third-order valence-electron chi connectivity index (χ3n) is 3.93. The van der Waals surface area contributed by atoms with E-state index in [0.29, 0.717) is 28.4 Å². The summed E-state index contributed by atoms with van der Waals surface area (Å²) in [6.07, 6.45) is 1.82. The van der Waals surface area contributed by atoms with Gasteiger partial charge in [-0.2, -0.15) is 5.26 Å². The Morgan fingerprint density at radius 1 is 1.07 bits per heavy atom. The normalized spacial score (nSPS) is 11.4. The molecule has 0 amide bonds. The van der Waals surface area contributed by atoms with Gasteiger partial charge in [0.15, 0.2) is 24.2 Å². The number of hydrogen-bond donors (Lipinski definition) is 0. The van der Waals surface area contributed by atoms with Crippen molar-refractivity contribution in [3.8, 4) is 23.3 Å². The second-order valence-corrected chi connectivity index (χ2v) is 5.86. The van der Waals surface area contributed by atoms with Gasteiger partial charge in [0, 0.05) is 11.6 Å². The van der Waals surface area contributed by atoms with Gasteiger partial charge in [0.2, 0.25) is 5.78 Å². The van der Waals surface area contributed by atoms with Crippen LogP contribution in [-0.4, -0.2) is 38.7 Å². The number of Topliss-reactive ketones (excluding diaryl/α,β-unsaturated/α-hetero) is 1. The lowest BCUT2D eigenvalue weighted by Crippen LogP contribution is -2.23. The van der Waals surface area contributed by atoms with E-state index in [-0.39, 0.29) is 12.4 Å². The molecule has 1 unspecified atom stereocenters. The van der Waals surface area contributed by atoms with Gasteiger partial charge in [-0.15, -0.1) is 0 Å². The number of nitriles is 1. The first-order chi connectivity index (χ1) is 14.0. The van der Waals surface area contributed by atoms with Gasteiger partial charge in [0.25, 0.3) is 0 Å². The highest BCUT2D eigenvalue weighted by Crippen LogP contribution is 2.28. The van der Waals surface area contributed by atoms with Gasteiger partial charge < -0.3 is 18.9 Å². The third-order valence-corrected chi connectivity index (χ3v) is 3.93. The Bertz CT molecular complexity index is 927. The van der Waals surface area contributed by atoms with Gasteiger partial charge in [-0.1, -0.05) is 6.07 Å². The Morgan fingerprint density at radius 3 is 2.41 bits per heavy atom. The van der Waals surface area contributed by atoms with Crippen molar-refractivity contribution in [3.63, 3.8) is 0 Å². The summed E-state index contributed by atoms with van der Waals surface area (Å²) in [5.74, 6) is 0.526. The fourth-order valence-electron chi connectivity index (χ4n) is 2.44. The van der Waals surface area contributed by atoms with Crippen molar-refractivity contribution in [3.05, 3.63) is 59.7 Å². The van der Waals surface area contributed by atoms with Crippen molar-refractivity contribution in [1.29, 1.82) is 5.26 Å². The number of carbonyl (C=O) groups excluding carboxylic acids is 2. The Kier molecular flexibility index (Phi) is 7.80. The van der Waals surface area contributed by atoms with Crippen molar-refractivity contribution in [2.45, 2.75) is 13.0 Å². The van der Waals surface area contributed by atoms with Crippen molar-refractivity contribution < 1.29 is 28.5 Å². The van der Waals surface area contributed by atoms with Gasteiger partial charge in [0.05, 0.1) is 14.2 Å². The number of methoxy groups -OCH3 is 2. The van der Waals surface area contributed by atoms with Crippen LogP contribution in [0.25, 0.3) is 6.08 Å². The molecule has 7 nitrogen and oxygen atoms in total. The molecular weight excluding hydrogens is 374 g/mol. The standard InChI is InChI=1S/C22H21NO6/c1-15(22(25)17-6-8-18(26-2)9-7-17)29-21(24)11-5-16-4-10-19(28-13-12-23)20(14-16)27-3/h4-11,14-15H,13H2,1-3H3/b11-5+. The second-order valence-electron chi connectivity index (χ2n) is 5.86. The quantitative estimate of drug-likeness (QED) is 0.365. The molecule has 0 radical (unpaired) electrons. The van der Waals surface area contributed by atoms with E-state index in [2.05, 4.69) is 0 Å². The maximum absolute atomic E-state index is 12.4. The first kappa shape index (κ1) is 21.5. The molecule has 7 heteroatoms. The molecular formula is C22H21NO6. The van der Waals surface area contributed by atoms with E-state index in [1.807, 2.05) is 6.07 Å². The summed E-state index contributed by atoms with van der Waals surface area (Å²) in [5.41, 5.74) is 1.09. The van der Waals surface area contributed by atoms with Crippen LogP contribution in [-0.2, 0) is 9.53 Å². The van der Waals surface area contributed by atoms with E-state index in [0.717, 1.165) is 0 Å². The largest absolute Gasteiger partial charge is 0.497 e. The summed E-state index contributed by atoms with van der Waals surface area (Å²) < 4.78 is 20.7. The Morgan fingerprint density at radius 2 is 1.79 bits per heavy atom. The summed E-state index contributed by atoms with van der Waals surface area (Å²) in [4.78, 5) is 24.4. The molecule has 0 aliphatic carbocycles. The SMILES string of the molecule is COc1ccc(C(=O)C(C)OC(=O)/C=C/c2ccc(OCC#N)c(OC)c2)cc1. The van der Waals surface area contributed by atoms with E-state index in [4.69, 9.17) is 24.2 Å². The molecule has 1 atom stereocenters. The van der Waals surface area contributed by atoms with E-state index >= 15 is 0 Å². The van der Waals surface area contributed by atoms with Crippen LogP contribution in [0, 0.1) is 11.3 Å². The van der Waals surface area contributed by atoms with E-state index in [1.54, 1.807) is 42.5 Å².